The van der Waals surface area contributed by atoms with E-state index in [-0.39, 0.29) is 29.7 Å². The summed E-state index contributed by atoms with van der Waals surface area (Å²) in [6, 6.07) is 7.82. The number of nitrogens with one attached hydrogen (secondary N) is 1. The SMILES string of the molecule is Cn1ncc2ncc(C(=O)NCc3nc(-c4ccccc4F)no3)cc21. The predicted molar refractivity (Wildman–Crippen MR) is 89.4 cm³/mol. The third kappa shape index (κ3) is 2.90. The molecule has 9 heteroatoms. The topological polar surface area (TPSA) is 98.7 Å². The Hall–Kier alpha value is -3.62. The van der Waals surface area contributed by atoms with Crippen LogP contribution < -0.4 is 5.32 Å². The van der Waals surface area contributed by atoms with Crippen molar-refractivity contribution in [1.29, 1.82) is 0 Å². The van der Waals surface area contributed by atoms with Crippen LogP contribution in [0.25, 0.3) is 22.4 Å². The van der Waals surface area contributed by atoms with E-state index in [1.165, 1.54) is 12.3 Å². The van der Waals surface area contributed by atoms with Crippen LogP contribution in [0.1, 0.15) is 16.2 Å². The lowest BCUT2D eigenvalue weighted by Crippen LogP contribution is -2.23. The van der Waals surface area contributed by atoms with E-state index in [0.717, 1.165) is 5.52 Å². The molecule has 8 nitrogen and oxygen atoms in total. The second-order valence-corrected chi connectivity index (χ2v) is 5.57. The van der Waals surface area contributed by atoms with Crippen LogP contribution in [-0.2, 0) is 13.6 Å². The van der Waals surface area contributed by atoms with Gasteiger partial charge < -0.3 is 9.84 Å². The Balaban J connectivity index is 1.47. The molecule has 26 heavy (non-hydrogen) atoms. The summed E-state index contributed by atoms with van der Waals surface area (Å²) in [5.74, 6) is -0.484. The number of amides is 1. The smallest absolute Gasteiger partial charge is 0.253 e. The molecule has 4 rings (SSSR count). The van der Waals surface area contributed by atoms with Crippen LogP contribution in [0.2, 0.25) is 0 Å². The van der Waals surface area contributed by atoms with Gasteiger partial charge in [-0.25, -0.2) is 4.39 Å². The van der Waals surface area contributed by atoms with Gasteiger partial charge in [0.25, 0.3) is 5.91 Å². The Morgan fingerprint density at radius 2 is 2.15 bits per heavy atom. The van der Waals surface area contributed by atoms with Crippen molar-refractivity contribution >= 4 is 16.9 Å². The number of halogens is 1. The molecule has 0 radical (unpaired) electrons. The number of hydrogen-bond donors (Lipinski definition) is 1. The first-order chi connectivity index (χ1) is 12.6. The maximum atomic E-state index is 13.7. The normalized spacial score (nSPS) is 11.0. The van der Waals surface area contributed by atoms with E-state index in [0.29, 0.717) is 11.1 Å². The van der Waals surface area contributed by atoms with E-state index in [9.17, 15) is 9.18 Å². The van der Waals surface area contributed by atoms with Crippen molar-refractivity contribution in [1.82, 2.24) is 30.2 Å². The van der Waals surface area contributed by atoms with E-state index in [1.54, 1.807) is 42.2 Å². The van der Waals surface area contributed by atoms with Gasteiger partial charge in [0.1, 0.15) is 11.3 Å². The minimum absolute atomic E-state index is 0.0176. The first-order valence-corrected chi connectivity index (χ1v) is 7.75. The summed E-state index contributed by atoms with van der Waals surface area (Å²) in [4.78, 5) is 20.6. The third-order valence-corrected chi connectivity index (χ3v) is 3.84. The summed E-state index contributed by atoms with van der Waals surface area (Å²) in [5.41, 5.74) is 2.07. The molecule has 3 aromatic heterocycles. The molecule has 1 amide bonds. The Morgan fingerprint density at radius 3 is 3.00 bits per heavy atom. The van der Waals surface area contributed by atoms with Crippen molar-refractivity contribution < 1.29 is 13.7 Å². The summed E-state index contributed by atoms with van der Waals surface area (Å²) in [6.45, 7) is 0.0176. The van der Waals surface area contributed by atoms with Crippen molar-refractivity contribution in [2.24, 2.45) is 7.05 Å². The van der Waals surface area contributed by atoms with Crippen LogP contribution in [0.3, 0.4) is 0 Å². The summed E-state index contributed by atoms with van der Waals surface area (Å²) in [6.07, 6.45) is 3.09. The number of aryl methyl sites for hydroxylation is 1. The molecule has 3 heterocycles. The van der Waals surface area contributed by atoms with Gasteiger partial charge in [0.2, 0.25) is 11.7 Å². The number of pyridine rings is 1. The second kappa shape index (κ2) is 6.36. The van der Waals surface area contributed by atoms with Crippen LogP contribution in [0.4, 0.5) is 4.39 Å². The number of carbonyl (C=O) groups is 1. The van der Waals surface area contributed by atoms with Crippen LogP contribution in [0.15, 0.2) is 47.2 Å². The minimum Gasteiger partial charge on any atom is -0.343 e. The van der Waals surface area contributed by atoms with Crippen molar-refractivity contribution in [2.75, 3.05) is 0 Å². The van der Waals surface area contributed by atoms with Gasteiger partial charge in [-0.3, -0.25) is 14.5 Å². The van der Waals surface area contributed by atoms with E-state index >= 15 is 0 Å². The molecule has 1 N–H and O–H groups in total. The fourth-order valence-electron chi connectivity index (χ4n) is 2.49. The minimum atomic E-state index is -0.445. The predicted octanol–water partition coefficient (Wildman–Crippen LogP) is 2.09. The van der Waals surface area contributed by atoms with Crippen LogP contribution in [0, 0.1) is 5.82 Å². The average molecular weight is 352 g/mol. The zero-order valence-electron chi connectivity index (χ0n) is 13.7. The highest BCUT2D eigenvalue weighted by molar-refractivity contribution is 5.96. The monoisotopic (exact) mass is 352 g/mol. The molecule has 0 bridgehead atoms. The first-order valence-electron chi connectivity index (χ1n) is 7.75. The fraction of sp³-hybridized carbons (Fsp3) is 0.118. The molecule has 0 aliphatic rings. The highest BCUT2D eigenvalue weighted by Crippen LogP contribution is 2.19. The summed E-state index contributed by atoms with van der Waals surface area (Å²) >= 11 is 0. The quantitative estimate of drug-likeness (QED) is 0.604. The van der Waals surface area contributed by atoms with Crippen LogP contribution in [0.5, 0.6) is 0 Å². The lowest BCUT2D eigenvalue weighted by Gasteiger charge is -2.02. The molecule has 4 aromatic rings. The van der Waals surface area contributed by atoms with Gasteiger partial charge in [-0.15, -0.1) is 0 Å². The summed E-state index contributed by atoms with van der Waals surface area (Å²) in [5, 5.41) is 10.5. The number of fused-ring (bicyclic) bond motifs is 1. The molecule has 0 aliphatic heterocycles. The van der Waals surface area contributed by atoms with Gasteiger partial charge in [0, 0.05) is 13.2 Å². The molecule has 0 saturated carbocycles. The van der Waals surface area contributed by atoms with Crippen molar-refractivity contribution in [3.8, 4) is 11.4 Å². The maximum Gasteiger partial charge on any atom is 0.253 e. The molecule has 1 aromatic carbocycles. The van der Waals surface area contributed by atoms with Crippen molar-refractivity contribution in [3.63, 3.8) is 0 Å². The van der Waals surface area contributed by atoms with Crippen molar-refractivity contribution in [2.45, 2.75) is 6.54 Å². The highest BCUT2D eigenvalue weighted by atomic mass is 19.1. The van der Waals surface area contributed by atoms with Crippen LogP contribution in [-0.4, -0.2) is 30.8 Å². The number of carbonyl (C=O) groups excluding carboxylic acids is 1. The Morgan fingerprint density at radius 1 is 1.31 bits per heavy atom. The third-order valence-electron chi connectivity index (χ3n) is 3.84. The molecule has 130 valence electrons. The van der Waals surface area contributed by atoms with Gasteiger partial charge in [-0.2, -0.15) is 10.1 Å². The maximum absolute atomic E-state index is 13.7. The average Bonchev–Trinajstić information content (AvgIpc) is 3.27. The van der Waals surface area contributed by atoms with Gasteiger partial charge in [-0.05, 0) is 18.2 Å². The Bertz CT molecular complexity index is 1100. The largest absolute Gasteiger partial charge is 0.343 e. The molecule has 0 atom stereocenters. The molecular weight excluding hydrogens is 339 g/mol. The standard InChI is InChI=1S/C17H13FN6O2/c1-24-14-6-10(7-19-13(14)8-21-24)17(25)20-9-15-22-16(23-26-15)11-4-2-3-5-12(11)18/h2-8H,9H2,1H3,(H,20,25). The van der Waals surface area contributed by atoms with E-state index in [4.69, 9.17) is 4.52 Å². The van der Waals surface area contributed by atoms with E-state index in [2.05, 4.69) is 25.5 Å². The van der Waals surface area contributed by atoms with Gasteiger partial charge in [0.05, 0.1) is 29.4 Å². The molecule has 0 unspecified atom stereocenters. The molecular formula is C17H13FN6O2. The lowest BCUT2D eigenvalue weighted by atomic mass is 10.2. The van der Waals surface area contributed by atoms with E-state index in [1.807, 2.05) is 0 Å². The Labute approximate surface area is 146 Å². The van der Waals surface area contributed by atoms with Crippen LogP contribution >= 0.6 is 0 Å². The van der Waals surface area contributed by atoms with Gasteiger partial charge in [-0.1, -0.05) is 17.3 Å². The number of hydrogen-bond acceptors (Lipinski definition) is 6. The zero-order valence-corrected chi connectivity index (χ0v) is 13.7. The first kappa shape index (κ1) is 15.9. The fourth-order valence-corrected chi connectivity index (χ4v) is 2.49. The lowest BCUT2D eigenvalue weighted by molar-refractivity contribution is 0.0946. The zero-order chi connectivity index (χ0) is 18.1. The van der Waals surface area contributed by atoms with E-state index < -0.39 is 5.82 Å². The molecule has 0 aliphatic carbocycles. The summed E-state index contributed by atoms with van der Waals surface area (Å²) in [7, 11) is 1.77. The van der Waals surface area contributed by atoms with Gasteiger partial charge in [0.15, 0.2) is 0 Å². The number of benzene rings is 1. The van der Waals surface area contributed by atoms with Gasteiger partial charge >= 0.3 is 0 Å². The second-order valence-electron chi connectivity index (χ2n) is 5.57. The van der Waals surface area contributed by atoms with Crippen molar-refractivity contribution in [3.05, 3.63) is 60.0 Å². The Kier molecular flexibility index (Phi) is 3.88. The number of rotatable bonds is 4. The summed E-state index contributed by atoms with van der Waals surface area (Å²) < 4.78 is 20.4. The molecule has 0 spiro atoms. The molecule has 0 saturated heterocycles. The number of aromatic nitrogens is 5. The molecule has 0 fully saturated rings. The number of nitrogens with zero attached hydrogens (tertiary/aromatic N) is 5. The highest BCUT2D eigenvalue weighted by Gasteiger charge is 2.14.